The molecule has 0 aromatic heterocycles. The fraction of sp³-hybridized carbons (Fsp3) is 0.333. The molecule has 0 radical (unpaired) electrons. The molecule has 2 atom stereocenters. The van der Waals surface area contributed by atoms with Crippen LogP contribution in [0.5, 0.6) is 23.0 Å². The number of phenolic OH excluding ortho intramolecular Hbond substituents is 2. The Balaban J connectivity index is 2.70. The smallest absolute Gasteiger partial charge is 0.298 e. The van der Waals surface area contributed by atoms with Crippen molar-refractivity contribution in [3.8, 4) is 23.0 Å². The van der Waals surface area contributed by atoms with Gasteiger partial charge in [-0.1, -0.05) is 0 Å². The molecule has 6 N–H and O–H groups in total. The van der Waals surface area contributed by atoms with Crippen molar-refractivity contribution in [1.29, 1.82) is 0 Å². The third kappa shape index (κ3) is 5.84. The minimum absolute atomic E-state index is 0.170. The highest BCUT2D eigenvalue weighted by Gasteiger charge is 2.26. The van der Waals surface area contributed by atoms with Gasteiger partial charge in [-0.05, 0) is 38.1 Å². The topological polar surface area (TPSA) is 199 Å². The van der Waals surface area contributed by atoms with E-state index in [2.05, 4.69) is 0 Å². The lowest BCUT2D eigenvalue weighted by atomic mass is 10.0. The minimum atomic E-state index is -4.79. The summed E-state index contributed by atoms with van der Waals surface area (Å²) in [6, 6.07) is 3.87. The van der Waals surface area contributed by atoms with Gasteiger partial charge in [-0.25, -0.2) is 0 Å². The van der Waals surface area contributed by atoms with E-state index in [9.17, 15) is 46.4 Å². The Morgan fingerprint density at radius 2 is 1.06 bits per heavy atom. The first-order valence-corrected chi connectivity index (χ1v) is 11.7. The Bertz CT molecular complexity index is 1090. The molecule has 13 heteroatoms. The zero-order chi connectivity index (χ0) is 23.7. The third-order valence-corrected chi connectivity index (χ3v) is 5.95. The molecule has 172 valence electrons. The molecule has 2 aromatic rings. The molecule has 0 amide bonds. The van der Waals surface area contributed by atoms with E-state index in [1.165, 1.54) is 13.8 Å². The lowest BCUT2D eigenvalue weighted by molar-refractivity contribution is 0.191. The maximum atomic E-state index is 11.5. The maximum absolute atomic E-state index is 11.5. The van der Waals surface area contributed by atoms with Crippen molar-refractivity contribution < 1.29 is 51.1 Å². The summed E-state index contributed by atoms with van der Waals surface area (Å²) in [5.41, 5.74) is -0.377. The van der Waals surface area contributed by atoms with Gasteiger partial charge in [-0.2, -0.15) is 16.8 Å². The van der Waals surface area contributed by atoms with Gasteiger partial charge >= 0.3 is 0 Å². The van der Waals surface area contributed by atoms with E-state index in [0.717, 1.165) is 24.3 Å². The van der Waals surface area contributed by atoms with Crippen LogP contribution < -0.4 is 4.74 Å². The van der Waals surface area contributed by atoms with E-state index in [1.807, 2.05) is 0 Å². The predicted octanol–water partition coefficient (Wildman–Crippen LogP) is 1.23. The predicted molar refractivity (Wildman–Crippen MR) is 107 cm³/mol. The van der Waals surface area contributed by atoms with Gasteiger partial charge in [0.1, 0.15) is 32.8 Å². The van der Waals surface area contributed by atoms with Gasteiger partial charge < -0.3 is 25.2 Å². The molecule has 0 heterocycles. The SMILES string of the molecule is CC(O)Cc1c(Oc2ccc(S(=O)(=O)O)c(O)c2CC(C)O)ccc(S(=O)(=O)O)c1O. The number of benzene rings is 2. The normalized spacial score (nSPS) is 14.3. The first-order valence-electron chi connectivity index (χ1n) is 8.81. The first-order chi connectivity index (χ1) is 14.1. The second-order valence-corrected chi connectivity index (χ2v) is 9.72. The Hall–Kier alpha value is -2.42. The number of hydrogen-bond acceptors (Lipinski definition) is 9. The second kappa shape index (κ2) is 8.98. The average Bonchev–Trinajstić information content (AvgIpc) is 2.58. The van der Waals surface area contributed by atoms with Crippen LogP contribution in [0.4, 0.5) is 0 Å². The molecule has 0 aliphatic heterocycles. The summed E-state index contributed by atoms with van der Waals surface area (Å²) in [5.74, 6) is -2.07. The van der Waals surface area contributed by atoms with Crippen molar-refractivity contribution in [3.05, 3.63) is 35.4 Å². The molecule has 0 saturated heterocycles. The number of aromatic hydroxyl groups is 2. The number of ether oxygens (including phenoxy) is 1. The second-order valence-electron chi connectivity index (χ2n) is 6.94. The van der Waals surface area contributed by atoms with Gasteiger partial charge in [0, 0.05) is 24.0 Å². The number of rotatable bonds is 8. The van der Waals surface area contributed by atoms with Crippen molar-refractivity contribution >= 4 is 20.2 Å². The van der Waals surface area contributed by atoms with Gasteiger partial charge in [0.25, 0.3) is 20.2 Å². The Kier molecular flexibility index (Phi) is 7.20. The highest BCUT2D eigenvalue weighted by Crippen LogP contribution is 2.41. The lowest BCUT2D eigenvalue weighted by Gasteiger charge is -2.19. The summed E-state index contributed by atoms with van der Waals surface area (Å²) in [5, 5.41) is 40.1. The molecule has 0 saturated carbocycles. The van der Waals surface area contributed by atoms with E-state index in [-0.39, 0.29) is 35.5 Å². The Morgan fingerprint density at radius 3 is 1.32 bits per heavy atom. The summed E-state index contributed by atoms with van der Waals surface area (Å²) < 4.78 is 70.0. The van der Waals surface area contributed by atoms with E-state index in [4.69, 9.17) is 4.74 Å². The summed E-state index contributed by atoms with van der Waals surface area (Å²) in [7, 11) is -9.58. The lowest BCUT2D eigenvalue weighted by Crippen LogP contribution is -2.10. The third-order valence-electron chi connectivity index (χ3n) is 4.18. The summed E-state index contributed by atoms with van der Waals surface area (Å²) >= 11 is 0. The summed E-state index contributed by atoms with van der Waals surface area (Å²) in [6.45, 7) is 2.71. The standard InChI is InChI=1S/C18H22O11S2/c1-9(19)7-11-13(3-5-15(17(11)21)30(23,24)25)29-14-4-6-16(31(26,27)28)18(22)12(14)8-10(2)20/h3-6,9-10,19-22H,7-8H2,1-2H3,(H,23,24,25)(H,26,27,28). The van der Waals surface area contributed by atoms with Crippen LogP contribution in [0.2, 0.25) is 0 Å². The van der Waals surface area contributed by atoms with E-state index >= 15 is 0 Å². The zero-order valence-electron chi connectivity index (χ0n) is 16.4. The molecule has 0 spiro atoms. The molecule has 2 rings (SSSR count). The van der Waals surface area contributed by atoms with Crippen molar-refractivity contribution in [2.75, 3.05) is 0 Å². The summed E-state index contributed by atoms with van der Waals surface area (Å²) in [6.07, 6.45) is -2.69. The quantitative estimate of drug-likeness (QED) is 0.298. The summed E-state index contributed by atoms with van der Waals surface area (Å²) in [4.78, 5) is -1.63. The van der Waals surface area contributed by atoms with Crippen molar-refractivity contribution in [2.24, 2.45) is 0 Å². The number of hydrogen-bond donors (Lipinski definition) is 6. The largest absolute Gasteiger partial charge is 0.506 e. The highest BCUT2D eigenvalue weighted by molar-refractivity contribution is 7.86. The number of aliphatic hydroxyl groups excluding tert-OH is 2. The molecule has 2 unspecified atom stereocenters. The zero-order valence-corrected chi connectivity index (χ0v) is 18.1. The van der Waals surface area contributed by atoms with Gasteiger partial charge in [0.15, 0.2) is 0 Å². The van der Waals surface area contributed by atoms with Crippen LogP contribution >= 0.6 is 0 Å². The molecular weight excluding hydrogens is 456 g/mol. The number of aliphatic hydroxyl groups is 2. The molecule has 11 nitrogen and oxygen atoms in total. The van der Waals surface area contributed by atoms with Gasteiger partial charge in [0.05, 0.1) is 12.2 Å². The minimum Gasteiger partial charge on any atom is -0.506 e. The van der Waals surface area contributed by atoms with Crippen molar-refractivity contribution in [2.45, 2.75) is 48.7 Å². The van der Waals surface area contributed by atoms with E-state index < -0.39 is 53.7 Å². The van der Waals surface area contributed by atoms with Crippen LogP contribution in [0, 0.1) is 0 Å². The molecule has 0 bridgehead atoms. The highest BCUT2D eigenvalue weighted by atomic mass is 32.2. The van der Waals surface area contributed by atoms with Crippen LogP contribution in [0.3, 0.4) is 0 Å². The molecule has 0 aliphatic carbocycles. The van der Waals surface area contributed by atoms with E-state index in [1.54, 1.807) is 0 Å². The van der Waals surface area contributed by atoms with Crippen LogP contribution in [0.15, 0.2) is 34.1 Å². The van der Waals surface area contributed by atoms with Crippen molar-refractivity contribution in [3.63, 3.8) is 0 Å². The Morgan fingerprint density at radius 1 is 0.742 bits per heavy atom. The monoisotopic (exact) mass is 478 g/mol. The van der Waals surface area contributed by atoms with Gasteiger partial charge in [0.2, 0.25) is 0 Å². The van der Waals surface area contributed by atoms with Crippen LogP contribution in [-0.2, 0) is 33.1 Å². The molecule has 0 aliphatic rings. The Labute approximate surface area is 178 Å². The molecule has 0 fully saturated rings. The van der Waals surface area contributed by atoms with Crippen LogP contribution in [0.25, 0.3) is 0 Å². The van der Waals surface area contributed by atoms with Gasteiger partial charge in [-0.3, -0.25) is 9.11 Å². The molecular formula is C18H22O11S2. The fourth-order valence-electron chi connectivity index (χ4n) is 2.90. The first kappa shape index (κ1) is 24.8. The van der Waals surface area contributed by atoms with Crippen LogP contribution in [-0.4, -0.2) is 58.6 Å². The molecule has 2 aromatic carbocycles. The van der Waals surface area contributed by atoms with Crippen molar-refractivity contribution in [1.82, 2.24) is 0 Å². The molecule has 31 heavy (non-hydrogen) atoms. The average molecular weight is 478 g/mol. The van der Waals surface area contributed by atoms with Crippen LogP contribution in [0.1, 0.15) is 25.0 Å². The van der Waals surface area contributed by atoms with E-state index in [0.29, 0.717) is 0 Å². The number of phenols is 2. The fourth-order valence-corrected chi connectivity index (χ4v) is 4.12. The van der Waals surface area contributed by atoms with Gasteiger partial charge in [-0.15, -0.1) is 0 Å². The maximum Gasteiger partial charge on any atom is 0.298 e.